The molecule has 1 amide bonds. The van der Waals surface area contributed by atoms with E-state index >= 15 is 0 Å². The molecular weight excluding hydrogens is 264 g/mol. The van der Waals surface area contributed by atoms with Crippen molar-refractivity contribution in [2.75, 3.05) is 0 Å². The first-order valence-electron chi connectivity index (χ1n) is 7.34. The summed E-state index contributed by atoms with van der Waals surface area (Å²) in [6, 6.07) is 10.1. The first-order valence-corrected chi connectivity index (χ1v) is 7.34. The van der Waals surface area contributed by atoms with Gasteiger partial charge in [-0.25, -0.2) is 4.68 Å². The van der Waals surface area contributed by atoms with Crippen LogP contribution in [0.4, 0.5) is 0 Å². The molecule has 0 spiro atoms. The van der Waals surface area contributed by atoms with Gasteiger partial charge >= 0.3 is 0 Å². The van der Waals surface area contributed by atoms with Gasteiger partial charge in [0.05, 0.1) is 5.69 Å². The van der Waals surface area contributed by atoms with Crippen LogP contribution in [0.25, 0.3) is 5.69 Å². The predicted octanol–water partition coefficient (Wildman–Crippen LogP) is 1.62. The lowest BCUT2D eigenvalue weighted by molar-refractivity contribution is -0.125. The molecule has 1 saturated carbocycles. The van der Waals surface area contributed by atoms with Gasteiger partial charge in [-0.3, -0.25) is 4.79 Å². The van der Waals surface area contributed by atoms with Gasteiger partial charge in [0.1, 0.15) is 0 Å². The zero-order chi connectivity index (χ0) is 14.7. The third-order valence-electron chi connectivity index (χ3n) is 4.02. The van der Waals surface area contributed by atoms with Gasteiger partial charge in [-0.05, 0) is 43.0 Å². The average molecular weight is 284 g/mol. The van der Waals surface area contributed by atoms with E-state index in [2.05, 4.69) is 10.4 Å². The van der Waals surface area contributed by atoms with Crippen molar-refractivity contribution < 1.29 is 4.79 Å². The maximum atomic E-state index is 12.0. The van der Waals surface area contributed by atoms with E-state index in [0.29, 0.717) is 6.54 Å². The van der Waals surface area contributed by atoms with Crippen molar-refractivity contribution in [2.24, 2.45) is 11.7 Å². The van der Waals surface area contributed by atoms with Crippen molar-refractivity contribution in [1.82, 2.24) is 15.1 Å². The fourth-order valence-electron chi connectivity index (χ4n) is 2.78. The lowest BCUT2D eigenvalue weighted by atomic mass is 10.1. The molecular formula is C16H20N4O. The Bertz CT molecular complexity index is 591. The van der Waals surface area contributed by atoms with Crippen LogP contribution in [-0.4, -0.2) is 21.7 Å². The number of hydrogen-bond donors (Lipinski definition) is 2. The normalized spacial score (nSPS) is 21.4. The second-order valence-electron chi connectivity index (χ2n) is 5.60. The van der Waals surface area contributed by atoms with Crippen LogP contribution >= 0.6 is 0 Å². The highest BCUT2D eigenvalue weighted by Crippen LogP contribution is 2.24. The van der Waals surface area contributed by atoms with Crippen molar-refractivity contribution in [3.05, 3.63) is 48.3 Å². The first-order chi connectivity index (χ1) is 10.2. The minimum Gasteiger partial charge on any atom is -0.352 e. The Morgan fingerprint density at radius 2 is 2.14 bits per heavy atom. The summed E-state index contributed by atoms with van der Waals surface area (Å²) in [5.74, 6) is 0.211. The molecule has 110 valence electrons. The Labute approximate surface area is 124 Å². The summed E-state index contributed by atoms with van der Waals surface area (Å²) in [7, 11) is 0. The molecule has 2 aromatic rings. The van der Waals surface area contributed by atoms with Crippen molar-refractivity contribution in [1.29, 1.82) is 0 Å². The van der Waals surface area contributed by atoms with Gasteiger partial charge in [0, 0.05) is 30.9 Å². The standard InChI is InChI=1S/C16H20N4O/c17-14-5-4-13(10-14)16(21)18-11-12-2-6-15(7-3-12)20-9-1-8-19-20/h1-3,6-9,13-14H,4-5,10-11,17H2,(H,18,21). The summed E-state index contributed by atoms with van der Waals surface area (Å²) < 4.78 is 1.81. The molecule has 0 radical (unpaired) electrons. The molecule has 21 heavy (non-hydrogen) atoms. The predicted molar refractivity (Wildman–Crippen MR) is 80.7 cm³/mol. The number of benzene rings is 1. The molecule has 0 saturated heterocycles. The number of hydrogen-bond acceptors (Lipinski definition) is 3. The maximum Gasteiger partial charge on any atom is 0.223 e. The number of aromatic nitrogens is 2. The Morgan fingerprint density at radius 3 is 2.76 bits per heavy atom. The van der Waals surface area contributed by atoms with E-state index in [1.54, 1.807) is 6.20 Å². The van der Waals surface area contributed by atoms with Crippen molar-refractivity contribution >= 4 is 5.91 Å². The van der Waals surface area contributed by atoms with Gasteiger partial charge in [-0.15, -0.1) is 0 Å². The highest BCUT2D eigenvalue weighted by atomic mass is 16.1. The van der Waals surface area contributed by atoms with Gasteiger partial charge < -0.3 is 11.1 Å². The summed E-state index contributed by atoms with van der Waals surface area (Å²) in [5, 5.41) is 7.18. The fraction of sp³-hybridized carbons (Fsp3) is 0.375. The van der Waals surface area contributed by atoms with E-state index in [-0.39, 0.29) is 17.9 Å². The number of rotatable bonds is 4. The molecule has 1 fully saturated rings. The molecule has 1 aliphatic rings. The van der Waals surface area contributed by atoms with Crippen LogP contribution in [0.3, 0.4) is 0 Å². The highest BCUT2D eigenvalue weighted by Gasteiger charge is 2.27. The van der Waals surface area contributed by atoms with Crippen LogP contribution in [0.15, 0.2) is 42.7 Å². The Balaban J connectivity index is 1.55. The third-order valence-corrected chi connectivity index (χ3v) is 4.02. The lowest BCUT2D eigenvalue weighted by Crippen LogP contribution is -2.29. The summed E-state index contributed by atoms with van der Waals surface area (Å²) in [5.41, 5.74) is 7.94. The summed E-state index contributed by atoms with van der Waals surface area (Å²) in [4.78, 5) is 12.0. The molecule has 3 N–H and O–H groups in total. The van der Waals surface area contributed by atoms with Gasteiger partial charge in [-0.1, -0.05) is 12.1 Å². The van der Waals surface area contributed by atoms with Crippen LogP contribution in [0.2, 0.25) is 0 Å². The first kappa shape index (κ1) is 13.8. The van der Waals surface area contributed by atoms with Crippen LogP contribution in [0, 0.1) is 5.92 Å². The van der Waals surface area contributed by atoms with E-state index < -0.39 is 0 Å². The van der Waals surface area contributed by atoms with Crippen molar-refractivity contribution in [2.45, 2.75) is 31.8 Å². The van der Waals surface area contributed by atoms with Crippen molar-refractivity contribution in [3.8, 4) is 5.69 Å². The zero-order valence-corrected chi connectivity index (χ0v) is 11.9. The number of amides is 1. The van der Waals surface area contributed by atoms with Gasteiger partial charge in [0.25, 0.3) is 0 Å². The monoisotopic (exact) mass is 284 g/mol. The van der Waals surface area contributed by atoms with Crippen molar-refractivity contribution in [3.63, 3.8) is 0 Å². The summed E-state index contributed by atoms with van der Waals surface area (Å²) in [6.07, 6.45) is 6.33. The van der Waals surface area contributed by atoms with Gasteiger partial charge in [-0.2, -0.15) is 5.10 Å². The molecule has 1 aromatic carbocycles. The number of nitrogens with two attached hydrogens (primary N) is 1. The van der Waals surface area contributed by atoms with Crippen LogP contribution in [-0.2, 0) is 11.3 Å². The second kappa shape index (κ2) is 6.10. The third kappa shape index (κ3) is 3.31. The molecule has 3 rings (SSSR count). The zero-order valence-electron chi connectivity index (χ0n) is 11.9. The number of carbonyl (C=O) groups excluding carboxylic acids is 1. The molecule has 5 nitrogen and oxygen atoms in total. The van der Waals surface area contributed by atoms with Gasteiger partial charge in [0.2, 0.25) is 5.91 Å². The Hall–Kier alpha value is -2.14. The number of nitrogens with one attached hydrogen (secondary N) is 1. The topological polar surface area (TPSA) is 72.9 Å². The van der Waals surface area contributed by atoms with E-state index in [9.17, 15) is 4.79 Å². The van der Waals surface area contributed by atoms with Crippen LogP contribution < -0.4 is 11.1 Å². The minimum absolute atomic E-state index is 0.0864. The highest BCUT2D eigenvalue weighted by molar-refractivity contribution is 5.79. The Morgan fingerprint density at radius 1 is 1.33 bits per heavy atom. The second-order valence-corrected chi connectivity index (χ2v) is 5.60. The Kier molecular flexibility index (Phi) is 4.01. The molecule has 5 heteroatoms. The maximum absolute atomic E-state index is 12.0. The van der Waals surface area contributed by atoms with E-state index in [4.69, 9.17) is 5.73 Å². The summed E-state index contributed by atoms with van der Waals surface area (Å²) >= 11 is 0. The molecule has 0 aliphatic heterocycles. The average Bonchev–Trinajstić information content (AvgIpc) is 3.16. The molecule has 2 atom stereocenters. The quantitative estimate of drug-likeness (QED) is 0.896. The van der Waals surface area contributed by atoms with E-state index in [0.717, 1.165) is 30.5 Å². The van der Waals surface area contributed by atoms with E-state index in [1.165, 1.54) is 0 Å². The van der Waals surface area contributed by atoms with Gasteiger partial charge in [0.15, 0.2) is 0 Å². The minimum atomic E-state index is 0.0864. The summed E-state index contributed by atoms with van der Waals surface area (Å²) in [6.45, 7) is 0.559. The molecule has 1 aliphatic carbocycles. The smallest absolute Gasteiger partial charge is 0.223 e. The van der Waals surface area contributed by atoms with Crippen LogP contribution in [0.1, 0.15) is 24.8 Å². The van der Waals surface area contributed by atoms with Crippen LogP contribution in [0.5, 0.6) is 0 Å². The fourth-order valence-corrected chi connectivity index (χ4v) is 2.78. The lowest BCUT2D eigenvalue weighted by Gasteiger charge is -2.11. The number of nitrogens with zero attached hydrogens (tertiary/aromatic N) is 2. The van der Waals surface area contributed by atoms with E-state index in [1.807, 2.05) is 41.2 Å². The molecule has 2 unspecified atom stereocenters. The molecule has 1 heterocycles. The number of carbonyl (C=O) groups is 1. The SMILES string of the molecule is NC1CCC(C(=O)NCc2ccc(-n3cccn3)cc2)C1. The molecule has 1 aromatic heterocycles. The molecule has 0 bridgehead atoms. The largest absolute Gasteiger partial charge is 0.352 e.